The van der Waals surface area contributed by atoms with Crippen LogP contribution < -0.4 is 5.73 Å². The van der Waals surface area contributed by atoms with Gasteiger partial charge in [-0.15, -0.1) is 0 Å². The molecule has 4 heteroatoms. The molecule has 0 aromatic carbocycles. The topological polar surface area (TPSA) is 60.9 Å². The Hall–Kier alpha value is -1.16. The van der Waals surface area contributed by atoms with Crippen LogP contribution in [0.3, 0.4) is 0 Å². The SMILES string of the molecule is CCCn1cc(C(=O)C(N)CC)cn1. The minimum atomic E-state index is -0.394. The number of aromatic nitrogens is 2. The largest absolute Gasteiger partial charge is 0.321 e. The second-order valence-corrected chi connectivity index (χ2v) is 3.37. The van der Waals surface area contributed by atoms with Crippen molar-refractivity contribution < 1.29 is 4.79 Å². The monoisotopic (exact) mass is 195 g/mol. The fourth-order valence-corrected chi connectivity index (χ4v) is 1.24. The molecule has 1 atom stereocenters. The number of hydrogen-bond donors (Lipinski definition) is 1. The summed E-state index contributed by atoms with van der Waals surface area (Å²) < 4.78 is 1.77. The van der Waals surface area contributed by atoms with E-state index < -0.39 is 6.04 Å². The number of carbonyl (C=O) groups is 1. The van der Waals surface area contributed by atoms with Crippen LogP contribution in [0, 0.1) is 0 Å². The molecule has 2 N–H and O–H groups in total. The molecule has 1 aromatic heterocycles. The first-order valence-electron chi connectivity index (χ1n) is 5.01. The van der Waals surface area contributed by atoms with Gasteiger partial charge in [-0.1, -0.05) is 13.8 Å². The number of rotatable bonds is 5. The lowest BCUT2D eigenvalue weighted by Crippen LogP contribution is -2.29. The van der Waals surface area contributed by atoms with Gasteiger partial charge in [0.2, 0.25) is 0 Å². The molecule has 0 saturated carbocycles. The molecule has 1 aromatic rings. The maximum absolute atomic E-state index is 11.6. The van der Waals surface area contributed by atoms with E-state index in [0.717, 1.165) is 13.0 Å². The first kappa shape index (κ1) is 10.9. The van der Waals surface area contributed by atoms with Crippen molar-refractivity contribution in [1.29, 1.82) is 0 Å². The molecule has 0 spiro atoms. The minimum absolute atomic E-state index is 0.0187. The van der Waals surface area contributed by atoms with Crippen molar-refractivity contribution in [3.8, 4) is 0 Å². The zero-order valence-corrected chi connectivity index (χ0v) is 8.73. The average Bonchev–Trinajstić information content (AvgIpc) is 2.64. The maximum Gasteiger partial charge on any atom is 0.182 e. The number of Topliss-reactive ketones (excluding diaryl/α,β-unsaturated/α-hetero) is 1. The highest BCUT2D eigenvalue weighted by atomic mass is 16.1. The molecule has 1 unspecified atom stereocenters. The van der Waals surface area contributed by atoms with Crippen LogP contribution in [0.25, 0.3) is 0 Å². The van der Waals surface area contributed by atoms with Crippen molar-refractivity contribution in [1.82, 2.24) is 9.78 Å². The quantitative estimate of drug-likeness (QED) is 0.718. The molecule has 0 saturated heterocycles. The van der Waals surface area contributed by atoms with E-state index in [1.807, 2.05) is 6.92 Å². The maximum atomic E-state index is 11.6. The van der Waals surface area contributed by atoms with E-state index in [9.17, 15) is 4.79 Å². The summed E-state index contributed by atoms with van der Waals surface area (Å²) in [5.41, 5.74) is 6.26. The third-order valence-corrected chi connectivity index (χ3v) is 2.15. The molecule has 0 aliphatic carbocycles. The normalized spacial score (nSPS) is 12.8. The molecular weight excluding hydrogens is 178 g/mol. The van der Waals surface area contributed by atoms with Crippen LogP contribution in [0.4, 0.5) is 0 Å². The molecule has 0 bridgehead atoms. The van der Waals surface area contributed by atoms with Gasteiger partial charge in [-0.05, 0) is 12.8 Å². The molecule has 1 heterocycles. The van der Waals surface area contributed by atoms with Gasteiger partial charge in [0.25, 0.3) is 0 Å². The molecule has 4 nitrogen and oxygen atoms in total. The second kappa shape index (κ2) is 4.91. The van der Waals surface area contributed by atoms with Crippen LogP contribution in [-0.4, -0.2) is 21.6 Å². The van der Waals surface area contributed by atoms with E-state index in [0.29, 0.717) is 12.0 Å². The van der Waals surface area contributed by atoms with Crippen molar-refractivity contribution in [2.45, 2.75) is 39.3 Å². The number of hydrogen-bond acceptors (Lipinski definition) is 3. The number of nitrogens with two attached hydrogens (primary N) is 1. The van der Waals surface area contributed by atoms with Gasteiger partial charge in [0.15, 0.2) is 5.78 Å². The number of ketones is 1. The van der Waals surface area contributed by atoms with Gasteiger partial charge in [0, 0.05) is 12.7 Å². The van der Waals surface area contributed by atoms with Crippen molar-refractivity contribution in [3.05, 3.63) is 18.0 Å². The van der Waals surface area contributed by atoms with Gasteiger partial charge in [-0.3, -0.25) is 9.48 Å². The Bertz CT molecular complexity index is 306. The van der Waals surface area contributed by atoms with E-state index in [-0.39, 0.29) is 5.78 Å². The van der Waals surface area contributed by atoms with Crippen LogP contribution in [0.5, 0.6) is 0 Å². The minimum Gasteiger partial charge on any atom is -0.321 e. The predicted octanol–water partition coefficient (Wildman–Crippen LogP) is 1.21. The summed E-state index contributed by atoms with van der Waals surface area (Å²) in [6, 6.07) is -0.394. The Kier molecular flexibility index (Phi) is 3.83. The van der Waals surface area contributed by atoms with Crippen LogP contribution in [-0.2, 0) is 6.54 Å². The number of carbonyl (C=O) groups excluding carboxylic acids is 1. The van der Waals surface area contributed by atoms with Gasteiger partial charge >= 0.3 is 0 Å². The summed E-state index contributed by atoms with van der Waals surface area (Å²) in [7, 11) is 0. The fraction of sp³-hybridized carbons (Fsp3) is 0.600. The number of nitrogens with zero attached hydrogens (tertiary/aromatic N) is 2. The Morgan fingerprint density at radius 1 is 1.64 bits per heavy atom. The van der Waals surface area contributed by atoms with Crippen molar-refractivity contribution in [3.63, 3.8) is 0 Å². The van der Waals surface area contributed by atoms with Gasteiger partial charge in [-0.25, -0.2) is 0 Å². The van der Waals surface area contributed by atoms with Gasteiger partial charge in [0.05, 0.1) is 17.8 Å². The Balaban J connectivity index is 2.71. The highest BCUT2D eigenvalue weighted by Gasteiger charge is 2.15. The van der Waals surface area contributed by atoms with Crippen molar-refractivity contribution >= 4 is 5.78 Å². The summed E-state index contributed by atoms with van der Waals surface area (Å²) in [5.74, 6) is -0.0187. The van der Waals surface area contributed by atoms with Crippen molar-refractivity contribution in [2.24, 2.45) is 5.73 Å². The lowest BCUT2D eigenvalue weighted by Gasteiger charge is -2.04. The van der Waals surface area contributed by atoms with E-state index in [1.165, 1.54) is 0 Å². The summed E-state index contributed by atoms with van der Waals surface area (Å²) >= 11 is 0. The van der Waals surface area contributed by atoms with E-state index in [2.05, 4.69) is 12.0 Å². The summed E-state index contributed by atoms with van der Waals surface area (Å²) in [5, 5.41) is 4.08. The fourth-order valence-electron chi connectivity index (χ4n) is 1.24. The molecule has 0 amide bonds. The van der Waals surface area contributed by atoms with Crippen LogP contribution >= 0.6 is 0 Å². The highest BCUT2D eigenvalue weighted by Crippen LogP contribution is 2.04. The smallest absolute Gasteiger partial charge is 0.182 e. The van der Waals surface area contributed by atoms with E-state index >= 15 is 0 Å². The number of aryl methyl sites for hydroxylation is 1. The molecule has 0 radical (unpaired) electrons. The van der Waals surface area contributed by atoms with E-state index in [1.54, 1.807) is 17.1 Å². The molecular formula is C10H17N3O. The Morgan fingerprint density at radius 3 is 2.93 bits per heavy atom. The molecule has 0 aliphatic heterocycles. The highest BCUT2D eigenvalue weighted by molar-refractivity contribution is 5.99. The molecule has 0 fully saturated rings. The summed E-state index contributed by atoms with van der Waals surface area (Å²) in [4.78, 5) is 11.6. The van der Waals surface area contributed by atoms with E-state index in [4.69, 9.17) is 5.73 Å². The molecule has 1 rings (SSSR count). The van der Waals surface area contributed by atoms with Gasteiger partial charge in [0.1, 0.15) is 0 Å². The lowest BCUT2D eigenvalue weighted by atomic mass is 10.1. The predicted molar refractivity (Wildman–Crippen MR) is 55.1 cm³/mol. The van der Waals surface area contributed by atoms with Crippen molar-refractivity contribution in [2.75, 3.05) is 0 Å². The van der Waals surface area contributed by atoms with Crippen LogP contribution in [0.1, 0.15) is 37.0 Å². The summed E-state index contributed by atoms with van der Waals surface area (Å²) in [6.45, 7) is 4.81. The van der Waals surface area contributed by atoms with Gasteiger partial charge < -0.3 is 5.73 Å². The third-order valence-electron chi connectivity index (χ3n) is 2.15. The molecule has 0 aliphatic rings. The van der Waals surface area contributed by atoms with Crippen LogP contribution in [0.2, 0.25) is 0 Å². The third kappa shape index (κ3) is 2.42. The summed E-state index contributed by atoms with van der Waals surface area (Å²) in [6.07, 6.45) is 5.03. The second-order valence-electron chi connectivity index (χ2n) is 3.37. The van der Waals surface area contributed by atoms with Crippen LogP contribution in [0.15, 0.2) is 12.4 Å². The molecule has 14 heavy (non-hydrogen) atoms. The lowest BCUT2D eigenvalue weighted by molar-refractivity contribution is 0.0959. The van der Waals surface area contributed by atoms with Gasteiger partial charge in [-0.2, -0.15) is 5.10 Å². The molecule has 78 valence electrons. The Labute approximate surface area is 84.1 Å². The first-order chi connectivity index (χ1) is 6.69. The zero-order valence-electron chi connectivity index (χ0n) is 8.73. The first-order valence-corrected chi connectivity index (χ1v) is 5.01. The zero-order chi connectivity index (χ0) is 10.6. The standard InChI is InChI=1S/C10H17N3O/c1-3-5-13-7-8(6-12-13)10(14)9(11)4-2/h6-7,9H,3-5,11H2,1-2H3. The average molecular weight is 195 g/mol. The Morgan fingerprint density at radius 2 is 2.36 bits per heavy atom.